The third-order valence-electron chi connectivity index (χ3n) is 2.21. The number of rotatable bonds is 4. The van der Waals surface area contributed by atoms with E-state index >= 15 is 0 Å². The van der Waals surface area contributed by atoms with Crippen LogP contribution >= 0.6 is 0 Å². The molecule has 100 valence electrons. The molecule has 0 heterocycles. The lowest BCUT2D eigenvalue weighted by Crippen LogP contribution is -2.29. The summed E-state index contributed by atoms with van der Waals surface area (Å²) in [5, 5.41) is 0. The molecule has 0 aromatic heterocycles. The van der Waals surface area contributed by atoms with Crippen molar-refractivity contribution < 1.29 is 21.6 Å². The van der Waals surface area contributed by atoms with Crippen LogP contribution in [-0.2, 0) is 10.0 Å². The topological polar surface area (TPSA) is 46.2 Å². The standard InChI is InChI=1S/C11H12F3NO2S/c1-8-3-5-10(6-4-8)18(16,17)15-7-9(2)11(12,13)14/h3-6,15H,2,7H2,1H3. The molecule has 0 saturated carbocycles. The van der Waals surface area contributed by atoms with E-state index in [0.717, 1.165) is 5.56 Å². The Hall–Kier alpha value is -1.34. The lowest BCUT2D eigenvalue weighted by Gasteiger charge is -2.11. The van der Waals surface area contributed by atoms with Gasteiger partial charge < -0.3 is 0 Å². The van der Waals surface area contributed by atoms with Crippen LogP contribution in [0.25, 0.3) is 0 Å². The Morgan fingerprint density at radius 1 is 1.28 bits per heavy atom. The Morgan fingerprint density at radius 2 is 1.78 bits per heavy atom. The van der Waals surface area contributed by atoms with Gasteiger partial charge in [0.25, 0.3) is 0 Å². The van der Waals surface area contributed by atoms with Crippen LogP contribution in [0.15, 0.2) is 41.3 Å². The fraction of sp³-hybridized carbons (Fsp3) is 0.273. The maximum atomic E-state index is 12.1. The van der Waals surface area contributed by atoms with Crippen molar-refractivity contribution in [3.63, 3.8) is 0 Å². The predicted octanol–water partition coefficient (Wildman–Crippen LogP) is 2.39. The first-order valence-corrected chi connectivity index (χ1v) is 6.42. The van der Waals surface area contributed by atoms with Gasteiger partial charge in [0.05, 0.1) is 4.90 Å². The maximum absolute atomic E-state index is 12.1. The summed E-state index contributed by atoms with van der Waals surface area (Å²) in [6.45, 7) is 3.70. The molecule has 1 aromatic rings. The molecule has 0 aliphatic rings. The summed E-state index contributed by atoms with van der Waals surface area (Å²) >= 11 is 0. The molecular weight excluding hydrogens is 267 g/mol. The van der Waals surface area contributed by atoms with E-state index in [0.29, 0.717) is 0 Å². The first-order chi connectivity index (χ1) is 8.13. The van der Waals surface area contributed by atoms with Gasteiger partial charge in [0.1, 0.15) is 0 Å². The number of halogens is 3. The summed E-state index contributed by atoms with van der Waals surface area (Å²) in [5.41, 5.74) is -0.285. The van der Waals surface area contributed by atoms with Gasteiger partial charge in [-0.25, -0.2) is 13.1 Å². The Bertz CT molecular complexity index is 532. The zero-order valence-electron chi connectivity index (χ0n) is 9.58. The lowest BCUT2D eigenvalue weighted by atomic mass is 10.2. The summed E-state index contributed by atoms with van der Waals surface area (Å²) in [7, 11) is -3.94. The van der Waals surface area contributed by atoms with Gasteiger partial charge in [-0.05, 0) is 19.1 Å². The van der Waals surface area contributed by atoms with Crippen molar-refractivity contribution in [2.75, 3.05) is 6.54 Å². The second-order valence-corrected chi connectivity index (χ2v) is 5.51. The first kappa shape index (κ1) is 14.7. The van der Waals surface area contributed by atoms with Crippen LogP contribution < -0.4 is 4.72 Å². The van der Waals surface area contributed by atoms with Crippen molar-refractivity contribution in [2.24, 2.45) is 0 Å². The highest BCUT2D eigenvalue weighted by Crippen LogP contribution is 2.23. The number of benzene rings is 1. The third-order valence-corrected chi connectivity index (χ3v) is 3.62. The van der Waals surface area contributed by atoms with Crippen LogP contribution in [0.5, 0.6) is 0 Å². The molecule has 0 saturated heterocycles. The van der Waals surface area contributed by atoms with Crippen LogP contribution in [0.3, 0.4) is 0 Å². The summed E-state index contributed by atoms with van der Waals surface area (Å²) < 4.78 is 61.6. The summed E-state index contributed by atoms with van der Waals surface area (Å²) in [6, 6.07) is 5.78. The van der Waals surface area contributed by atoms with E-state index in [4.69, 9.17) is 0 Å². The van der Waals surface area contributed by atoms with Crippen LogP contribution in [0.1, 0.15) is 5.56 Å². The molecule has 0 fully saturated rings. The Labute approximate surface area is 103 Å². The van der Waals surface area contributed by atoms with E-state index < -0.39 is 28.3 Å². The van der Waals surface area contributed by atoms with E-state index in [9.17, 15) is 21.6 Å². The molecule has 0 aliphatic carbocycles. The van der Waals surface area contributed by atoms with Crippen molar-refractivity contribution in [1.82, 2.24) is 4.72 Å². The minimum absolute atomic E-state index is 0.0805. The lowest BCUT2D eigenvalue weighted by molar-refractivity contribution is -0.0920. The van der Waals surface area contributed by atoms with Gasteiger partial charge in [-0.3, -0.25) is 0 Å². The summed E-state index contributed by atoms with van der Waals surface area (Å²) in [4.78, 5) is -0.0805. The zero-order chi connectivity index (χ0) is 14.0. The highest BCUT2D eigenvalue weighted by atomic mass is 32.2. The average Bonchev–Trinajstić information content (AvgIpc) is 2.25. The van der Waals surface area contributed by atoms with Crippen molar-refractivity contribution in [3.8, 4) is 0 Å². The molecule has 0 aliphatic heterocycles. The Balaban J connectivity index is 2.78. The van der Waals surface area contributed by atoms with Crippen molar-refractivity contribution >= 4 is 10.0 Å². The number of hydrogen-bond donors (Lipinski definition) is 1. The van der Waals surface area contributed by atoms with Crippen molar-refractivity contribution in [1.29, 1.82) is 0 Å². The second kappa shape index (κ2) is 5.11. The third kappa shape index (κ3) is 3.85. The fourth-order valence-electron chi connectivity index (χ4n) is 1.08. The molecule has 7 heteroatoms. The largest absolute Gasteiger partial charge is 0.413 e. The minimum Gasteiger partial charge on any atom is -0.207 e. The van der Waals surface area contributed by atoms with Gasteiger partial charge in [-0.15, -0.1) is 0 Å². The molecule has 0 atom stereocenters. The number of sulfonamides is 1. The second-order valence-electron chi connectivity index (χ2n) is 3.74. The molecule has 0 unspecified atom stereocenters. The SMILES string of the molecule is C=C(CNS(=O)(=O)c1ccc(C)cc1)C(F)(F)F. The zero-order valence-corrected chi connectivity index (χ0v) is 10.4. The highest BCUT2D eigenvalue weighted by Gasteiger charge is 2.32. The van der Waals surface area contributed by atoms with E-state index in [2.05, 4.69) is 6.58 Å². The number of alkyl halides is 3. The van der Waals surface area contributed by atoms with Crippen molar-refractivity contribution in [3.05, 3.63) is 42.0 Å². The molecule has 1 N–H and O–H groups in total. The smallest absolute Gasteiger partial charge is 0.207 e. The van der Waals surface area contributed by atoms with Crippen LogP contribution in [0.4, 0.5) is 13.2 Å². The van der Waals surface area contributed by atoms with Gasteiger partial charge in [-0.2, -0.15) is 13.2 Å². The molecule has 1 aromatic carbocycles. The normalized spacial score (nSPS) is 12.4. The summed E-state index contributed by atoms with van der Waals surface area (Å²) in [5.74, 6) is 0. The highest BCUT2D eigenvalue weighted by molar-refractivity contribution is 7.89. The van der Waals surface area contributed by atoms with E-state index in [1.54, 1.807) is 19.1 Å². The van der Waals surface area contributed by atoms with Gasteiger partial charge in [-0.1, -0.05) is 24.3 Å². The monoisotopic (exact) mass is 279 g/mol. The average molecular weight is 279 g/mol. The van der Waals surface area contributed by atoms with Crippen LogP contribution in [0.2, 0.25) is 0 Å². The molecule has 1 rings (SSSR count). The molecule has 0 radical (unpaired) electrons. The molecule has 0 amide bonds. The maximum Gasteiger partial charge on any atom is 0.413 e. The first-order valence-electron chi connectivity index (χ1n) is 4.94. The molecule has 18 heavy (non-hydrogen) atoms. The van der Waals surface area contributed by atoms with Gasteiger partial charge in [0.15, 0.2) is 0 Å². The minimum atomic E-state index is -4.60. The summed E-state index contributed by atoms with van der Waals surface area (Å²) in [6.07, 6.45) is -4.60. The number of aryl methyl sites for hydroxylation is 1. The van der Waals surface area contributed by atoms with Crippen LogP contribution in [0, 0.1) is 6.92 Å². The molecule has 0 spiro atoms. The molecule has 3 nitrogen and oxygen atoms in total. The van der Waals surface area contributed by atoms with E-state index in [1.807, 2.05) is 4.72 Å². The van der Waals surface area contributed by atoms with Gasteiger partial charge in [0.2, 0.25) is 10.0 Å². The number of nitrogens with one attached hydrogen (secondary N) is 1. The number of hydrogen-bond acceptors (Lipinski definition) is 2. The molecule has 0 bridgehead atoms. The van der Waals surface area contributed by atoms with Crippen LogP contribution in [-0.4, -0.2) is 21.1 Å². The van der Waals surface area contributed by atoms with Gasteiger partial charge in [0, 0.05) is 12.1 Å². The van der Waals surface area contributed by atoms with E-state index in [1.165, 1.54) is 12.1 Å². The van der Waals surface area contributed by atoms with E-state index in [-0.39, 0.29) is 4.90 Å². The predicted molar refractivity (Wildman–Crippen MR) is 61.6 cm³/mol. The Kier molecular flexibility index (Phi) is 4.18. The Morgan fingerprint density at radius 3 is 2.22 bits per heavy atom. The molecular formula is C11H12F3NO2S. The van der Waals surface area contributed by atoms with Gasteiger partial charge >= 0.3 is 6.18 Å². The fourth-order valence-corrected chi connectivity index (χ4v) is 2.11. The quantitative estimate of drug-likeness (QED) is 0.860. The van der Waals surface area contributed by atoms with Crippen molar-refractivity contribution in [2.45, 2.75) is 18.0 Å².